The van der Waals surface area contributed by atoms with Gasteiger partial charge in [0.15, 0.2) is 0 Å². The molecule has 0 unspecified atom stereocenters. The van der Waals surface area contributed by atoms with E-state index >= 15 is 0 Å². The molecule has 0 radical (unpaired) electrons. The average Bonchev–Trinajstić information content (AvgIpc) is 2.78. The fourth-order valence-electron chi connectivity index (χ4n) is 2.55. The Balaban J connectivity index is 2.38. The van der Waals surface area contributed by atoms with Crippen LogP contribution in [0, 0.1) is 6.92 Å². The van der Waals surface area contributed by atoms with E-state index in [1.165, 1.54) is 5.56 Å². The number of nitrogens with zero attached hydrogens (tertiary/aromatic N) is 1. The Morgan fingerprint density at radius 1 is 1.00 bits per heavy atom. The highest BCUT2D eigenvalue weighted by molar-refractivity contribution is 5.98. The number of aromatic nitrogens is 1. The highest BCUT2D eigenvalue weighted by atomic mass is 16.1. The van der Waals surface area contributed by atoms with Crippen LogP contribution >= 0.6 is 0 Å². The van der Waals surface area contributed by atoms with Crippen molar-refractivity contribution in [3.63, 3.8) is 0 Å². The van der Waals surface area contributed by atoms with E-state index in [0.717, 1.165) is 22.2 Å². The molecule has 2 aromatic carbocycles. The number of aryl methyl sites for hydroxylation is 1. The molecule has 0 saturated carbocycles. The molecular formula is C17H15NO. The van der Waals surface area contributed by atoms with Crippen molar-refractivity contribution in [1.29, 1.82) is 0 Å². The van der Waals surface area contributed by atoms with Crippen molar-refractivity contribution < 1.29 is 4.79 Å². The molecule has 0 bridgehead atoms. The monoisotopic (exact) mass is 249 g/mol. The number of fused-ring (bicyclic) bond motifs is 1. The zero-order chi connectivity index (χ0) is 13.4. The molecule has 0 aliphatic carbocycles. The maximum atomic E-state index is 12.0. The highest BCUT2D eigenvalue weighted by Crippen LogP contribution is 2.30. The van der Waals surface area contributed by atoms with Crippen molar-refractivity contribution in [3.8, 4) is 11.3 Å². The molecule has 0 fully saturated rings. The van der Waals surface area contributed by atoms with Gasteiger partial charge in [-0.15, -0.1) is 0 Å². The van der Waals surface area contributed by atoms with Crippen LogP contribution in [0.3, 0.4) is 0 Å². The van der Waals surface area contributed by atoms with E-state index in [1.807, 2.05) is 36.4 Å². The Morgan fingerprint density at radius 3 is 2.42 bits per heavy atom. The zero-order valence-electron chi connectivity index (χ0n) is 11.1. The van der Waals surface area contributed by atoms with Gasteiger partial charge in [-0.3, -0.25) is 9.36 Å². The third-order valence-corrected chi connectivity index (χ3v) is 3.45. The molecular weight excluding hydrogens is 234 g/mol. The normalized spacial score (nSPS) is 10.8. The van der Waals surface area contributed by atoms with Crippen LogP contribution in [-0.4, -0.2) is 10.5 Å². The Kier molecular flexibility index (Phi) is 2.71. The van der Waals surface area contributed by atoms with Crippen molar-refractivity contribution in [1.82, 2.24) is 4.57 Å². The summed E-state index contributed by atoms with van der Waals surface area (Å²) in [5.41, 5.74) is 4.21. The predicted molar refractivity (Wildman–Crippen MR) is 78.4 cm³/mol. The molecule has 0 saturated heterocycles. The van der Waals surface area contributed by atoms with Gasteiger partial charge in [-0.2, -0.15) is 0 Å². The summed E-state index contributed by atoms with van der Waals surface area (Å²) < 4.78 is 1.79. The molecule has 3 aromatic rings. The summed E-state index contributed by atoms with van der Waals surface area (Å²) in [7, 11) is 0. The minimum absolute atomic E-state index is 0.0412. The fourth-order valence-corrected chi connectivity index (χ4v) is 2.55. The zero-order valence-corrected chi connectivity index (χ0v) is 11.1. The van der Waals surface area contributed by atoms with Crippen LogP contribution in [0.15, 0.2) is 54.6 Å². The van der Waals surface area contributed by atoms with E-state index in [2.05, 4.69) is 25.1 Å². The lowest BCUT2D eigenvalue weighted by Crippen LogP contribution is -2.07. The van der Waals surface area contributed by atoms with Crippen LogP contribution in [0.2, 0.25) is 0 Å². The van der Waals surface area contributed by atoms with Gasteiger partial charge in [-0.05, 0) is 24.6 Å². The lowest BCUT2D eigenvalue weighted by atomic mass is 10.1. The van der Waals surface area contributed by atoms with E-state index in [0.29, 0.717) is 0 Å². The standard InChI is InChI=1S/C17H15NO/c1-12-7-3-5-9-15(12)17-11-14-8-4-6-10-16(14)18(17)13(2)19/h3-11H,1-2H3. The van der Waals surface area contributed by atoms with Gasteiger partial charge in [0, 0.05) is 17.9 Å². The lowest BCUT2D eigenvalue weighted by molar-refractivity contribution is 0.0943. The molecule has 0 atom stereocenters. The van der Waals surface area contributed by atoms with Crippen molar-refractivity contribution in [2.45, 2.75) is 13.8 Å². The molecule has 0 aliphatic rings. The van der Waals surface area contributed by atoms with Gasteiger partial charge in [0.1, 0.15) is 0 Å². The molecule has 0 amide bonds. The van der Waals surface area contributed by atoms with E-state index in [1.54, 1.807) is 11.5 Å². The van der Waals surface area contributed by atoms with Gasteiger partial charge in [-0.1, -0.05) is 42.5 Å². The summed E-state index contributed by atoms with van der Waals surface area (Å²) in [6, 6.07) is 18.2. The van der Waals surface area contributed by atoms with E-state index in [9.17, 15) is 4.79 Å². The first-order valence-corrected chi connectivity index (χ1v) is 6.36. The SMILES string of the molecule is CC(=O)n1c(-c2ccccc2C)cc2ccccc21. The van der Waals surface area contributed by atoms with Crippen molar-refractivity contribution in [2.75, 3.05) is 0 Å². The van der Waals surface area contributed by atoms with E-state index < -0.39 is 0 Å². The summed E-state index contributed by atoms with van der Waals surface area (Å²) in [5, 5.41) is 1.09. The molecule has 0 spiro atoms. The summed E-state index contributed by atoms with van der Waals surface area (Å²) in [5.74, 6) is 0.0412. The number of hydrogen-bond acceptors (Lipinski definition) is 1. The second kappa shape index (κ2) is 4.39. The predicted octanol–water partition coefficient (Wildman–Crippen LogP) is 4.28. The summed E-state index contributed by atoms with van der Waals surface area (Å²) in [6.45, 7) is 3.67. The van der Waals surface area contributed by atoms with Crippen molar-refractivity contribution in [2.24, 2.45) is 0 Å². The Hall–Kier alpha value is -2.35. The minimum atomic E-state index is 0.0412. The molecule has 0 N–H and O–H groups in total. The van der Waals surface area contributed by atoms with E-state index in [-0.39, 0.29) is 5.91 Å². The van der Waals surface area contributed by atoms with Gasteiger partial charge in [-0.25, -0.2) is 0 Å². The van der Waals surface area contributed by atoms with Gasteiger partial charge >= 0.3 is 0 Å². The third kappa shape index (κ3) is 1.85. The second-order valence-corrected chi connectivity index (χ2v) is 4.76. The molecule has 1 aromatic heterocycles. The van der Waals surface area contributed by atoms with Gasteiger partial charge in [0.2, 0.25) is 5.91 Å². The number of para-hydroxylation sites is 1. The molecule has 2 heteroatoms. The molecule has 1 heterocycles. The smallest absolute Gasteiger partial charge is 0.228 e. The van der Waals surface area contributed by atoms with Crippen LogP contribution < -0.4 is 0 Å². The maximum absolute atomic E-state index is 12.0. The Morgan fingerprint density at radius 2 is 1.68 bits per heavy atom. The Labute approximate surface area is 112 Å². The first kappa shape index (κ1) is 11.7. The largest absolute Gasteiger partial charge is 0.280 e. The Bertz CT molecular complexity index is 768. The number of rotatable bonds is 1. The first-order chi connectivity index (χ1) is 9.18. The van der Waals surface area contributed by atoms with Gasteiger partial charge < -0.3 is 0 Å². The molecule has 0 aliphatic heterocycles. The van der Waals surface area contributed by atoms with Gasteiger partial charge in [0.25, 0.3) is 0 Å². The minimum Gasteiger partial charge on any atom is -0.280 e. The van der Waals surface area contributed by atoms with Crippen LogP contribution in [-0.2, 0) is 0 Å². The van der Waals surface area contributed by atoms with Crippen LogP contribution in [0.4, 0.5) is 0 Å². The van der Waals surface area contributed by atoms with Gasteiger partial charge in [0.05, 0.1) is 11.2 Å². The van der Waals surface area contributed by atoms with E-state index in [4.69, 9.17) is 0 Å². The second-order valence-electron chi connectivity index (χ2n) is 4.76. The lowest BCUT2D eigenvalue weighted by Gasteiger charge is -2.09. The number of benzene rings is 2. The molecule has 19 heavy (non-hydrogen) atoms. The quantitative estimate of drug-likeness (QED) is 0.631. The topological polar surface area (TPSA) is 22.0 Å². The molecule has 2 nitrogen and oxygen atoms in total. The van der Waals surface area contributed by atoms with Crippen molar-refractivity contribution in [3.05, 3.63) is 60.2 Å². The van der Waals surface area contributed by atoms with Crippen LogP contribution in [0.1, 0.15) is 17.3 Å². The maximum Gasteiger partial charge on any atom is 0.228 e. The number of carbonyl (C=O) groups is 1. The third-order valence-electron chi connectivity index (χ3n) is 3.45. The first-order valence-electron chi connectivity index (χ1n) is 6.36. The fraction of sp³-hybridized carbons (Fsp3) is 0.118. The highest BCUT2D eigenvalue weighted by Gasteiger charge is 2.14. The van der Waals surface area contributed by atoms with Crippen LogP contribution in [0.25, 0.3) is 22.2 Å². The molecule has 3 rings (SSSR count). The van der Waals surface area contributed by atoms with Crippen LogP contribution in [0.5, 0.6) is 0 Å². The summed E-state index contributed by atoms with van der Waals surface area (Å²) in [4.78, 5) is 12.0. The molecule has 94 valence electrons. The number of hydrogen-bond donors (Lipinski definition) is 0. The summed E-state index contributed by atoms with van der Waals surface area (Å²) in [6.07, 6.45) is 0. The van der Waals surface area contributed by atoms with Crippen molar-refractivity contribution >= 4 is 16.8 Å². The number of carbonyl (C=O) groups excluding carboxylic acids is 1. The average molecular weight is 249 g/mol. The summed E-state index contributed by atoms with van der Waals surface area (Å²) >= 11 is 0.